The van der Waals surface area contributed by atoms with E-state index in [-0.39, 0.29) is 28.9 Å². The highest BCUT2D eigenvalue weighted by molar-refractivity contribution is 6.34. The van der Waals surface area contributed by atoms with Gasteiger partial charge in [-0.1, -0.05) is 50.6 Å². The summed E-state index contributed by atoms with van der Waals surface area (Å²) in [4.78, 5) is 26.8. The zero-order chi connectivity index (χ0) is 23.0. The summed E-state index contributed by atoms with van der Waals surface area (Å²) < 4.78 is 16.9. The van der Waals surface area contributed by atoms with Gasteiger partial charge in [-0.3, -0.25) is 4.79 Å². The summed E-state index contributed by atoms with van der Waals surface area (Å²) in [5, 5.41) is 19.2. The molecule has 0 radical (unpaired) electrons. The largest absolute Gasteiger partial charge is 0.465 e. The number of amides is 1. The molecular weight excluding hydrogens is 437 g/mol. The number of aromatic nitrogens is 4. The van der Waals surface area contributed by atoms with Gasteiger partial charge in [0.1, 0.15) is 11.0 Å². The van der Waals surface area contributed by atoms with Crippen LogP contribution in [0.15, 0.2) is 35.3 Å². The number of likely N-dealkylation sites (tertiary alicyclic amines) is 1. The van der Waals surface area contributed by atoms with E-state index >= 15 is 0 Å². The summed E-state index contributed by atoms with van der Waals surface area (Å²) in [5.41, 5.74) is -0.980. The SMILES string of the molecule is CC(C)(C)C1N(C(=O)O)CC2CC21n1ncc2c(Cl)n(Cc3ccccc3F)nc2c1=O. The third kappa shape index (κ3) is 2.87. The second-order valence-electron chi connectivity index (χ2n) is 9.76. The lowest BCUT2D eigenvalue weighted by Crippen LogP contribution is -2.53. The highest BCUT2D eigenvalue weighted by Gasteiger charge is 2.72. The molecule has 32 heavy (non-hydrogen) atoms. The van der Waals surface area contributed by atoms with Crippen LogP contribution in [0, 0.1) is 17.2 Å². The van der Waals surface area contributed by atoms with Crippen molar-refractivity contribution in [2.24, 2.45) is 11.3 Å². The predicted octanol–water partition coefficient (Wildman–Crippen LogP) is 3.56. The average molecular weight is 460 g/mol. The molecule has 1 saturated carbocycles. The lowest BCUT2D eigenvalue weighted by Gasteiger charge is -2.40. The van der Waals surface area contributed by atoms with Crippen molar-refractivity contribution in [1.29, 1.82) is 0 Å². The number of fused-ring (bicyclic) bond motifs is 2. The first kappa shape index (κ1) is 20.9. The zero-order valence-electron chi connectivity index (χ0n) is 17.9. The second kappa shape index (κ2) is 6.78. The number of nitrogens with zero attached hydrogens (tertiary/aromatic N) is 5. The van der Waals surface area contributed by atoms with Crippen LogP contribution in [-0.4, -0.2) is 48.2 Å². The van der Waals surface area contributed by atoms with Crippen molar-refractivity contribution in [2.45, 2.75) is 45.3 Å². The Morgan fingerprint density at radius 2 is 2.06 bits per heavy atom. The van der Waals surface area contributed by atoms with Gasteiger partial charge in [-0.25, -0.2) is 18.5 Å². The van der Waals surface area contributed by atoms with Crippen LogP contribution in [-0.2, 0) is 12.1 Å². The highest BCUT2D eigenvalue weighted by Crippen LogP contribution is 2.62. The van der Waals surface area contributed by atoms with E-state index in [4.69, 9.17) is 11.6 Å². The molecule has 0 bridgehead atoms. The summed E-state index contributed by atoms with van der Waals surface area (Å²) in [5.74, 6) is -0.368. The molecule has 2 aromatic heterocycles. The normalized spacial score (nSPS) is 24.7. The number of halogens is 2. The fraction of sp³-hybridized carbons (Fsp3) is 0.455. The van der Waals surface area contributed by atoms with Crippen LogP contribution in [0.25, 0.3) is 10.9 Å². The van der Waals surface area contributed by atoms with Crippen molar-refractivity contribution >= 4 is 28.6 Å². The fourth-order valence-corrected chi connectivity index (χ4v) is 5.71. The Labute approximate surface area is 188 Å². The van der Waals surface area contributed by atoms with Crippen LogP contribution in [0.1, 0.15) is 32.8 Å². The molecule has 3 aromatic rings. The van der Waals surface area contributed by atoms with Gasteiger partial charge in [0.15, 0.2) is 5.52 Å². The van der Waals surface area contributed by atoms with Gasteiger partial charge in [0.2, 0.25) is 0 Å². The predicted molar refractivity (Wildman–Crippen MR) is 116 cm³/mol. The van der Waals surface area contributed by atoms with Crippen molar-refractivity contribution in [3.8, 4) is 0 Å². The summed E-state index contributed by atoms with van der Waals surface area (Å²) in [7, 11) is 0. The van der Waals surface area contributed by atoms with E-state index in [1.807, 2.05) is 20.8 Å². The van der Waals surface area contributed by atoms with Crippen LogP contribution in [0.4, 0.5) is 9.18 Å². The molecule has 1 aliphatic carbocycles. The lowest BCUT2D eigenvalue weighted by atomic mass is 9.80. The zero-order valence-corrected chi connectivity index (χ0v) is 18.7. The minimum absolute atomic E-state index is 0.0152. The molecule has 2 aliphatic rings. The quantitative estimate of drug-likeness (QED) is 0.646. The van der Waals surface area contributed by atoms with E-state index in [1.165, 1.54) is 26.5 Å². The van der Waals surface area contributed by atoms with Crippen molar-refractivity contribution in [3.05, 3.63) is 57.3 Å². The first-order valence-electron chi connectivity index (χ1n) is 10.4. The van der Waals surface area contributed by atoms with Gasteiger partial charge >= 0.3 is 6.09 Å². The smallest absolute Gasteiger partial charge is 0.407 e. The summed E-state index contributed by atoms with van der Waals surface area (Å²) in [6, 6.07) is 5.90. The van der Waals surface area contributed by atoms with Crippen molar-refractivity contribution in [1.82, 2.24) is 24.5 Å². The minimum atomic E-state index is -0.997. The fourth-order valence-electron chi connectivity index (χ4n) is 5.47. The molecular formula is C22H23ClFN5O3. The Hall–Kier alpha value is -2.94. The molecule has 1 N–H and O–H groups in total. The van der Waals surface area contributed by atoms with E-state index < -0.39 is 28.6 Å². The number of piperidine rings is 1. The third-order valence-electron chi connectivity index (χ3n) is 6.68. The van der Waals surface area contributed by atoms with Crippen LogP contribution in [0.3, 0.4) is 0 Å². The first-order valence-corrected chi connectivity index (χ1v) is 10.8. The van der Waals surface area contributed by atoms with E-state index in [1.54, 1.807) is 18.2 Å². The Balaban J connectivity index is 1.61. The second-order valence-corrected chi connectivity index (χ2v) is 10.1. The van der Waals surface area contributed by atoms with Crippen LogP contribution < -0.4 is 5.56 Å². The summed E-state index contributed by atoms with van der Waals surface area (Å²) >= 11 is 6.46. The maximum Gasteiger partial charge on any atom is 0.407 e. The maximum absolute atomic E-state index is 14.1. The molecule has 1 aromatic carbocycles. The molecule has 3 atom stereocenters. The van der Waals surface area contributed by atoms with Crippen LogP contribution in [0.5, 0.6) is 0 Å². The Morgan fingerprint density at radius 1 is 1.34 bits per heavy atom. The number of carboxylic acid groups (broad SMARTS) is 1. The molecule has 168 valence electrons. The molecule has 0 spiro atoms. The molecule has 3 heterocycles. The van der Waals surface area contributed by atoms with E-state index in [2.05, 4.69) is 10.2 Å². The van der Waals surface area contributed by atoms with E-state index in [0.29, 0.717) is 23.9 Å². The number of carbonyl (C=O) groups is 1. The van der Waals surface area contributed by atoms with Gasteiger partial charge < -0.3 is 10.0 Å². The molecule has 1 saturated heterocycles. The van der Waals surface area contributed by atoms with E-state index in [9.17, 15) is 19.1 Å². The van der Waals surface area contributed by atoms with Gasteiger partial charge in [0, 0.05) is 18.0 Å². The topological polar surface area (TPSA) is 93.2 Å². The Morgan fingerprint density at radius 3 is 2.72 bits per heavy atom. The Bertz CT molecular complexity index is 1310. The molecule has 5 rings (SSSR count). The highest BCUT2D eigenvalue weighted by atomic mass is 35.5. The lowest BCUT2D eigenvalue weighted by molar-refractivity contribution is 0.0682. The molecule has 8 nitrogen and oxygen atoms in total. The molecule has 3 unspecified atom stereocenters. The van der Waals surface area contributed by atoms with Crippen molar-refractivity contribution in [3.63, 3.8) is 0 Å². The molecule has 1 aliphatic heterocycles. The van der Waals surface area contributed by atoms with Gasteiger partial charge in [-0.2, -0.15) is 10.2 Å². The first-order chi connectivity index (χ1) is 15.1. The third-order valence-corrected chi connectivity index (χ3v) is 7.08. The van der Waals surface area contributed by atoms with Crippen molar-refractivity contribution in [2.75, 3.05) is 6.54 Å². The number of hydrogen-bond acceptors (Lipinski definition) is 4. The van der Waals surface area contributed by atoms with Gasteiger partial charge in [-0.05, 0) is 17.9 Å². The molecule has 10 heteroatoms. The van der Waals surface area contributed by atoms with Crippen LogP contribution in [0.2, 0.25) is 5.15 Å². The minimum Gasteiger partial charge on any atom is -0.465 e. The maximum atomic E-state index is 14.1. The average Bonchev–Trinajstić information content (AvgIpc) is 3.16. The number of benzene rings is 1. The van der Waals surface area contributed by atoms with Gasteiger partial charge in [0.05, 0.1) is 29.7 Å². The monoisotopic (exact) mass is 459 g/mol. The summed E-state index contributed by atoms with van der Waals surface area (Å²) in [6.45, 7) is 6.36. The summed E-state index contributed by atoms with van der Waals surface area (Å²) in [6.07, 6.45) is 1.18. The van der Waals surface area contributed by atoms with Crippen LogP contribution >= 0.6 is 11.6 Å². The Kier molecular flexibility index (Phi) is 4.43. The van der Waals surface area contributed by atoms with Crippen molar-refractivity contribution < 1.29 is 14.3 Å². The standard InChI is InChI=1S/C22H23ClFN5O3/c1-21(2,3)19-22(8-13(22)11-27(19)20(31)32)29-18(30)16-14(9-25-29)17(23)28(26-16)10-12-6-4-5-7-15(12)24/h4-7,9,13,19H,8,10-11H2,1-3H3,(H,31,32). The van der Waals surface area contributed by atoms with Gasteiger partial charge in [-0.15, -0.1) is 0 Å². The number of rotatable bonds is 3. The van der Waals surface area contributed by atoms with E-state index in [0.717, 1.165) is 0 Å². The number of hydrogen-bond donors (Lipinski definition) is 1. The molecule has 2 fully saturated rings. The van der Waals surface area contributed by atoms with Gasteiger partial charge in [0.25, 0.3) is 5.56 Å². The molecule has 1 amide bonds.